The van der Waals surface area contributed by atoms with Crippen molar-refractivity contribution in [3.8, 4) is 6.07 Å². The number of nitrogens with zero attached hydrogens (tertiary/aromatic N) is 1. The Morgan fingerprint density at radius 1 is 1.33 bits per heavy atom. The summed E-state index contributed by atoms with van der Waals surface area (Å²) in [5.74, 6) is 0.625. The van der Waals surface area contributed by atoms with Crippen LogP contribution in [0.1, 0.15) is 56.6 Å². The molecule has 1 N–H and O–H groups in total. The number of hydrogen-bond acceptors (Lipinski definition) is 2. The Bertz CT molecular complexity index is 439. The lowest BCUT2D eigenvalue weighted by Gasteiger charge is -2.31. The van der Waals surface area contributed by atoms with E-state index in [2.05, 4.69) is 6.07 Å². The number of nitriles is 1. The van der Waals surface area contributed by atoms with E-state index in [1.54, 1.807) is 6.07 Å². The highest BCUT2D eigenvalue weighted by Crippen LogP contribution is 2.35. The maximum atomic E-state index is 10.6. The highest BCUT2D eigenvalue weighted by Gasteiger charge is 2.28. The Kier molecular flexibility index (Phi) is 4.04. The quantitative estimate of drug-likeness (QED) is 0.879. The minimum Gasteiger partial charge on any atom is -0.385 e. The highest BCUT2D eigenvalue weighted by molar-refractivity contribution is 5.35. The fraction of sp³-hybridized carbons (Fsp3) is 0.562. The summed E-state index contributed by atoms with van der Waals surface area (Å²) in [6, 6.07) is 9.49. The molecule has 0 bridgehead atoms. The minimum absolute atomic E-state index is 0.622. The molecule has 1 aromatic rings. The van der Waals surface area contributed by atoms with Gasteiger partial charge in [-0.15, -0.1) is 0 Å². The van der Waals surface area contributed by atoms with Gasteiger partial charge in [0.05, 0.1) is 17.2 Å². The molecule has 0 saturated heterocycles. The Morgan fingerprint density at radius 3 is 2.72 bits per heavy atom. The molecule has 1 unspecified atom stereocenters. The van der Waals surface area contributed by atoms with Gasteiger partial charge in [0.1, 0.15) is 0 Å². The second kappa shape index (κ2) is 5.54. The predicted octanol–water partition coefficient (Wildman–Crippen LogP) is 3.74. The van der Waals surface area contributed by atoms with Crippen molar-refractivity contribution in [3.05, 3.63) is 35.4 Å². The highest BCUT2D eigenvalue weighted by atomic mass is 16.3. The number of hydrogen-bond donors (Lipinski definition) is 1. The Morgan fingerprint density at radius 2 is 2.06 bits per heavy atom. The maximum absolute atomic E-state index is 10.6. The van der Waals surface area contributed by atoms with Crippen molar-refractivity contribution in [3.63, 3.8) is 0 Å². The molecule has 0 spiro atoms. The third-order valence-electron chi connectivity index (χ3n) is 4.02. The molecule has 2 nitrogen and oxygen atoms in total. The van der Waals surface area contributed by atoms with Gasteiger partial charge in [-0.05, 0) is 37.0 Å². The standard InChI is InChI=1S/C16H21NO/c1-16(18,11-13-6-3-2-4-7-13)15-9-5-8-14(10-15)12-17/h5,8-10,13,18H,2-4,6-7,11H2,1H3. The van der Waals surface area contributed by atoms with Gasteiger partial charge in [-0.2, -0.15) is 5.26 Å². The predicted molar refractivity (Wildman–Crippen MR) is 71.9 cm³/mol. The molecule has 0 aromatic heterocycles. The van der Waals surface area contributed by atoms with Gasteiger partial charge in [-0.25, -0.2) is 0 Å². The molecule has 1 saturated carbocycles. The lowest BCUT2D eigenvalue weighted by molar-refractivity contribution is 0.0238. The topological polar surface area (TPSA) is 44.0 Å². The molecular weight excluding hydrogens is 222 g/mol. The molecule has 1 atom stereocenters. The van der Waals surface area contributed by atoms with Crippen molar-refractivity contribution < 1.29 is 5.11 Å². The molecule has 0 heterocycles. The summed E-state index contributed by atoms with van der Waals surface area (Å²) in [6.45, 7) is 1.87. The van der Waals surface area contributed by atoms with Crippen molar-refractivity contribution >= 4 is 0 Å². The lowest BCUT2D eigenvalue weighted by Crippen LogP contribution is -2.26. The first kappa shape index (κ1) is 13.1. The van der Waals surface area contributed by atoms with Gasteiger partial charge in [0.25, 0.3) is 0 Å². The van der Waals surface area contributed by atoms with Crippen LogP contribution in [0.2, 0.25) is 0 Å². The van der Waals surface area contributed by atoms with Crippen LogP contribution in [0.15, 0.2) is 24.3 Å². The molecule has 1 aromatic carbocycles. The third kappa shape index (κ3) is 3.11. The zero-order valence-electron chi connectivity index (χ0n) is 11.0. The molecule has 0 radical (unpaired) electrons. The summed E-state index contributed by atoms with van der Waals surface area (Å²) in [6.07, 6.45) is 7.19. The van der Waals surface area contributed by atoms with Crippen LogP contribution in [0.5, 0.6) is 0 Å². The van der Waals surface area contributed by atoms with Gasteiger partial charge in [-0.1, -0.05) is 44.2 Å². The molecule has 1 aliphatic rings. The smallest absolute Gasteiger partial charge is 0.0991 e. The van der Waals surface area contributed by atoms with Crippen LogP contribution in [0.25, 0.3) is 0 Å². The number of rotatable bonds is 3. The van der Waals surface area contributed by atoms with Gasteiger partial charge < -0.3 is 5.11 Å². The Hall–Kier alpha value is -1.33. The summed E-state index contributed by atoms with van der Waals surface area (Å²) in [7, 11) is 0. The SMILES string of the molecule is CC(O)(CC1CCCCC1)c1cccc(C#N)c1. The van der Waals surface area contributed by atoms with Gasteiger partial charge in [0.2, 0.25) is 0 Å². The van der Waals surface area contributed by atoms with Crippen molar-refractivity contribution in [2.24, 2.45) is 5.92 Å². The first-order chi connectivity index (χ1) is 8.62. The van der Waals surface area contributed by atoms with E-state index in [1.165, 1.54) is 32.1 Å². The third-order valence-corrected chi connectivity index (χ3v) is 4.02. The van der Waals surface area contributed by atoms with E-state index in [4.69, 9.17) is 5.26 Å². The van der Waals surface area contributed by atoms with Crippen LogP contribution in [-0.2, 0) is 5.60 Å². The fourth-order valence-corrected chi connectivity index (χ4v) is 2.99. The monoisotopic (exact) mass is 243 g/mol. The van der Waals surface area contributed by atoms with Crippen molar-refractivity contribution in [1.29, 1.82) is 5.26 Å². The first-order valence-electron chi connectivity index (χ1n) is 6.85. The fourth-order valence-electron chi connectivity index (χ4n) is 2.99. The first-order valence-corrected chi connectivity index (χ1v) is 6.85. The van der Waals surface area contributed by atoms with Crippen LogP contribution < -0.4 is 0 Å². The molecule has 0 amide bonds. The summed E-state index contributed by atoms with van der Waals surface area (Å²) in [5, 5.41) is 19.6. The number of aliphatic hydroxyl groups is 1. The Labute approximate surface area is 109 Å². The van der Waals surface area contributed by atoms with E-state index < -0.39 is 5.60 Å². The van der Waals surface area contributed by atoms with Crippen LogP contribution in [0, 0.1) is 17.2 Å². The van der Waals surface area contributed by atoms with Crippen molar-refractivity contribution in [2.75, 3.05) is 0 Å². The summed E-state index contributed by atoms with van der Waals surface area (Å²) in [4.78, 5) is 0. The van der Waals surface area contributed by atoms with E-state index >= 15 is 0 Å². The second-order valence-electron chi connectivity index (χ2n) is 5.67. The maximum Gasteiger partial charge on any atom is 0.0991 e. The van der Waals surface area contributed by atoms with E-state index in [1.807, 2.05) is 25.1 Å². The van der Waals surface area contributed by atoms with Crippen molar-refractivity contribution in [2.45, 2.75) is 51.0 Å². The summed E-state index contributed by atoms with van der Waals surface area (Å²) >= 11 is 0. The number of benzene rings is 1. The molecule has 2 heteroatoms. The molecule has 2 rings (SSSR count). The molecular formula is C16H21NO. The largest absolute Gasteiger partial charge is 0.385 e. The van der Waals surface area contributed by atoms with Crippen LogP contribution >= 0.6 is 0 Å². The van der Waals surface area contributed by atoms with Crippen LogP contribution in [0.4, 0.5) is 0 Å². The summed E-state index contributed by atoms with van der Waals surface area (Å²) < 4.78 is 0. The zero-order valence-corrected chi connectivity index (χ0v) is 11.0. The lowest BCUT2D eigenvalue weighted by atomic mass is 9.79. The molecule has 1 aliphatic carbocycles. The normalized spacial score (nSPS) is 20.1. The molecule has 96 valence electrons. The van der Waals surface area contributed by atoms with Gasteiger partial charge in [0, 0.05) is 0 Å². The minimum atomic E-state index is -0.811. The van der Waals surface area contributed by atoms with Crippen molar-refractivity contribution in [1.82, 2.24) is 0 Å². The average molecular weight is 243 g/mol. The molecule has 1 fully saturated rings. The molecule has 0 aliphatic heterocycles. The van der Waals surface area contributed by atoms with Crippen LogP contribution in [0.3, 0.4) is 0 Å². The van der Waals surface area contributed by atoms with E-state index in [0.29, 0.717) is 11.5 Å². The van der Waals surface area contributed by atoms with E-state index in [-0.39, 0.29) is 0 Å². The Balaban J connectivity index is 2.11. The van der Waals surface area contributed by atoms with Gasteiger partial charge in [0.15, 0.2) is 0 Å². The zero-order chi connectivity index (χ0) is 13.0. The average Bonchev–Trinajstić information content (AvgIpc) is 2.39. The molecule has 18 heavy (non-hydrogen) atoms. The second-order valence-corrected chi connectivity index (χ2v) is 5.67. The van der Waals surface area contributed by atoms with E-state index in [0.717, 1.165) is 12.0 Å². The van der Waals surface area contributed by atoms with Gasteiger partial charge >= 0.3 is 0 Å². The summed E-state index contributed by atoms with van der Waals surface area (Å²) in [5.41, 5.74) is 0.679. The van der Waals surface area contributed by atoms with Crippen LogP contribution in [-0.4, -0.2) is 5.11 Å². The van der Waals surface area contributed by atoms with Gasteiger partial charge in [-0.3, -0.25) is 0 Å². The van der Waals surface area contributed by atoms with E-state index in [9.17, 15) is 5.11 Å².